The van der Waals surface area contributed by atoms with Crippen molar-refractivity contribution in [1.82, 2.24) is 4.90 Å². The fourth-order valence-corrected chi connectivity index (χ4v) is 4.65. The zero-order valence-corrected chi connectivity index (χ0v) is 17.3. The topological polar surface area (TPSA) is 70.1 Å². The van der Waals surface area contributed by atoms with Crippen molar-refractivity contribution in [3.05, 3.63) is 46.7 Å². The number of piperidine rings is 1. The molecule has 1 heterocycles. The average Bonchev–Trinajstić information content (AvgIpc) is 2.66. The van der Waals surface area contributed by atoms with Crippen molar-refractivity contribution in [2.45, 2.75) is 59.0 Å². The van der Waals surface area contributed by atoms with Gasteiger partial charge in [0.25, 0.3) is 0 Å². The van der Waals surface area contributed by atoms with Gasteiger partial charge in [0.15, 0.2) is 0 Å². The van der Waals surface area contributed by atoms with Crippen molar-refractivity contribution >= 4 is 5.91 Å². The van der Waals surface area contributed by atoms with Crippen LogP contribution in [0.3, 0.4) is 0 Å². The molecule has 0 spiro atoms. The molecule has 1 amide bonds. The van der Waals surface area contributed by atoms with E-state index in [9.17, 15) is 4.79 Å². The van der Waals surface area contributed by atoms with Crippen LogP contribution in [0.4, 0.5) is 4.39 Å². The zero-order chi connectivity index (χ0) is 20.7. The Morgan fingerprint density at radius 2 is 1.71 bits per heavy atom. The van der Waals surface area contributed by atoms with Crippen LogP contribution in [0.15, 0.2) is 35.5 Å². The van der Waals surface area contributed by atoms with E-state index in [0.717, 1.165) is 17.7 Å². The molecule has 2 aliphatic rings. The summed E-state index contributed by atoms with van der Waals surface area (Å²) in [6, 6.07) is 8.74. The Morgan fingerprint density at radius 3 is 2.25 bits per heavy atom. The van der Waals surface area contributed by atoms with Crippen molar-refractivity contribution in [2.75, 3.05) is 13.1 Å². The van der Waals surface area contributed by atoms with E-state index in [1.807, 2.05) is 18.7 Å². The number of nitrogens with two attached hydrogens (primary N) is 1. The summed E-state index contributed by atoms with van der Waals surface area (Å²) in [5, 5.41) is 8.92. The number of alkyl halides is 1. The number of nitriles is 1. The van der Waals surface area contributed by atoms with Crippen LogP contribution in [0.2, 0.25) is 0 Å². The van der Waals surface area contributed by atoms with Crippen LogP contribution in [-0.2, 0) is 10.5 Å². The molecule has 1 fully saturated rings. The Labute approximate surface area is 167 Å². The number of halogens is 1. The lowest BCUT2D eigenvalue weighted by Crippen LogP contribution is -2.55. The SMILES string of the molecule is CC1=C(N)CC(C)(C(=O)N2CCC(F)(c3ccc(C#N)cc3)CC2)C(C)(C)C1. The number of amides is 1. The third kappa shape index (κ3) is 3.30. The summed E-state index contributed by atoms with van der Waals surface area (Å²) < 4.78 is 15.5. The molecule has 4 nitrogen and oxygen atoms in total. The van der Waals surface area contributed by atoms with E-state index >= 15 is 4.39 Å². The van der Waals surface area contributed by atoms with Gasteiger partial charge in [0.1, 0.15) is 5.67 Å². The summed E-state index contributed by atoms with van der Waals surface area (Å²) in [6.07, 6.45) is 1.89. The van der Waals surface area contributed by atoms with Crippen LogP contribution in [0, 0.1) is 22.2 Å². The number of hydrogen-bond acceptors (Lipinski definition) is 3. The van der Waals surface area contributed by atoms with Gasteiger partial charge >= 0.3 is 0 Å². The summed E-state index contributed by atoms with van der Waals surface area (Å²) in [4.78, 5) is 15.3. The molecule has 1 aliphatic heterocycles. The predicted octanol–water partition coefficient (Wildman–Crippen LogP) is 4.40. The highest BCUT2D eigenvalue weighted by Crippen LogP contribution is 2.52. The van der Waals surface area contributed by atoms with Crippen molar-refractivity contribution in [1.29, 1.82) is 5.26 Å². The Balaban J connectivity index is 1.75. The largest absolute Gasteiger partial charge is 0.402 e. The first kappa shape index (κ1) is 20.4. The Hall–Kier alpha value is -2.35. The molecule has 1 unspecified atom stereocenters. The molecule has 1 atom stereocenters. The molecule has 1 aliphatic carbocycles. The first-order valence-electron chi connectivity index (χ1n) is 9.95. The second-order valence-electron chi connectivity index (χ2n) is 9.32. The van der Waals surface area contributed by atoms with Crippen LogP contribution in [0.25, 0.3) is 0 Å². The standard InChI is InChI=1S/C23H30FN3O/c1-16-13-21(2,3)22(4,14-19(16)26)20(28)27-11-9-23(24,10-12-27)18-7-5-17(15-25)6-8-18/h5-8H,9-14,26H2,1-4H3. The number of benzene rings is 1. The monoisotopic (exact) mass is 383 g/mol. The highest BCUT2D eigenvalue weighted by Gasteiger charge is 2.52. The molecule has 1 saturated heterocycles. The second-order valence-corrected chi connectivity index (χ2v) is 9.32. The molecule has 150 valence electrons. The van der Waals surface area contributed by atoms with E-state index in [2.05, 4.69) is 19.9 Å². The minimum atomic E-state index is -1.46. The molecule has 3 rings (SSSR count). The quantitative estimate of drug-likeness (QED) is 0.823. The number of allylic oxidation sites excluding steroid dienone is 2. The van der Waals surface area contributed by atoms with Crippen LogP contribution < -0.4 is 5.73 Å². The van der Waals surface area contributed by atoms with Crippen LogP contribution in [0.1, 0.15) is 64.5 Å². The van der Waals surface area contributed by atoms with Crippen LogP contribution in [0.5, 0.6) is 0 Å². The first-order chi connectivity index (χ1) is 13.0. The van der Waals surface area contributed by atoms with Gasteiger partial charge in [-0.15, -0.1) is 0 Å². The number of carbonyl (C=O) groups excluding carboxylic acids is 1. The molecule has 2 N–H and O–H groups in total. The van der Waals surface area contributed by atoms with Crippen molar-refractivity contribution in [2.24, 2.45) is 16.6 Å². The number of nitrogens with zero attached hydrogens (tertiary/aromatic N) is 2. The average molecular weight is 384 g/mol. The number of hydrogen-bond donors (Lipinski definition) is 1. The van der Waals surface area contributed by atoms with Gasteiger partial charge in [0.05, 0.1) is 17.0 Å². The van der Waals surface area contributed by atoms with Gasteiger partial charge in [-0.2, -0.15) is 5.26 Å². The highest BCUT2D eigenvalue weighted by atomic mass is 19.1. The van der Waals surface area contributed by atoms with E-state index in [-0.39, 0.29) is 24.2 Å². The normalized spacial score (nSPS) is 26.6. The van der Waals surface area contributed by atoms with Crippen molar-refractivity contribution in [3.8, 4) is 6.07 Å². The molecular formula is C23H30FN3O. The van der Waals surface area contributed by atoms with E-state index in [1.54, 1.807) is 24.3 Å². The number of carbonyl (C=O) groups is 1. The van der Waals surface area contributed by atoms with Gasteiger partial charge in [-0.05, 0) is 43.4 Å². The maximum atomic E-state index is 15.5. The number of likely N-dealkylation sites (tertiary alicyclic amines) is 1. The Morgan fingerprint density at radius 1 is 1.14 bits per heavy atom. The summed E-state index contributed by atoms with van der Waals surface area (Å²) in [5.74, 6) is 0.0785. The Kier molecular flexibility index (Phi) is 5.04. The maximum absolute atomic E-state index is 15.5. The lowest BCUT2D eigenvalue weighted by atomic mass is 9.57. The molecule has 1 aromatic carbocycles. The summed E-state index contributed by atoms with van der Waals surface area (Å²) in [6.45, 7) is 9.08. The number of rotatable bonds is 2. The lowest BCUT2D eigenvalue weighted by Gasteiger charge is -2.50. The van der Waals surface area contributed by atoms with Crippen LogP contribution >= 0.6 is 0 Å². The summed E-state index contributed by atoms with van der Waals surface area (Å²) in [7, 11) is 0. The zero-order valence-electron chi connectivity index (χ0n) is 17.3. The van der Waals surface area contributed by atoms with E-state index in [1.165, 1.54) is 0 Å². The molecule has 0 bridgehead atoms. The van der Waals surface area contributed by atoms with Gasteiger partial charge < -0.3 is 10.6 Å². The minimum Gasteiger partial charge on any atom is -0.402 e. The third-order valence-corrected chi connectivity index (χ3v) is 7.14. The minimum absolute atomic E-state index is 0.0785. The van der Waals surface area contributed by atoms with Crippen molar-refractivity contribution in [3.63, 3.8) is 0 Å². The van der Waals surface area contributed by atoms with Gasteiger partial charge in [0, 0.05) is 38.0 Å². The van der Waals surface area contributed by atoms with Gasteiger partial charge in [-0.3, -0.25) is 4.79 Å². The molecule has 1 aromatic rings. The fourth-order valence-electron chi connectivity index (χ4n) is 4.65. The van der Waals surface area contributed by atoms with Gasteiger partial charge in [0.2, 0.25) is 5.91 Å². The second kappa shape index (κ2) is 6.92. The van der Waals surface area contributed by atoms with Gasteiger partial charge in [-0.25, -0.2) is 4.39 Å². The molecule has 0 saturated carbocycles. The lowest BCUT2D eigenvalue weighted by molar-refractivity contribution is -0.152. The van der Waals surface area contributed by atoms with E-state index in [4.69, 9.17) is 11.0 Å². The van der Waals surface area contributed by atoms with Crippen molar-refractivity contribution < 1.29 is 9.18 Å². The van der Waals surface area contributed by atoms with Crippen LogP contribution in [-0.4, -0.2) is 23.9 Å². The van der Waals surface area contributed by atoms with E-state index in [0.29, 0.717) is 30.6 Å². The van der Waals surface area contributed by atoms with E-state index < -0.39 is 11.1 Å². The fraction of sp³-hybridized carbons (Fsp3) is 0.565. The Bertz CT molecular complexity index is 842. The molecule has 28 heavy (non-hydrogen) atoms. The molecule has 5 heteroatoms. The highest BCUT2D eigenvalue weighted by molar-refractivity contribution is 5.84. The molecule has 0 radical (unpaired) electrons. The summed E-state index contributed by atoms with van der Waals surface area (Å²) in [5.41, 5.74) is 7.06. The predicted molar refractivity (Wildman–Crippen MR) is 108 cm³/mol. The first-order valence-corrected chi connectivity index (χ1v) is 9.95. The summed E-state index contributed by atoms with van der Waals surface area (Å²) >= 11 is 0. The van der Waals surface area contributed by atoms with Gasteiger partial charge in [-0.1, -0.05) is 31.6 Å². The molecular weight excluding hydrogens is 353 g/mol. The third-order valence-electron chi connectivity index (χ3n) is 7.14. The maximum Gasteiger partial charge on any atom is 0.229 e. The smallest absolute Gasteiger partial charge is 0.229 e. The molecule has 0 aromatic heterocycles.